The lowest BCUT2D eigenvalue weighted by Crippen LogP contribution is -2.19. The number of nitrogens with zero attached hydrogens (tertiary/aromatic N) is 1. The number of hydrogen-bond acceptors (Lipinski definition) is 5. The Labute approximate surface area is 167 Å². The van der Waals surface area contributed by atoms with Gasteiger partial charge in [-0.1, -0.05) is 23.2 Å². The summed E-state index contributed by atoms with van der Waals surface area (Å²) in [5.74, 6) is 1.72. The Morgan fingerprint density at radius 1 is 1.19 bits per heavy atom. The van der Waals surface area contributed by atoms with E-state index >= 15 is 0 Å². The van der Waals surface area contributed by atoms with Gasteiger partial charge in [0.25, 0.3) is 0 Å². The zero-order chi connectivity index (χ0) is 19.2. The number of carbonyl (C=O) groups is 1. The number of halogens is 2. The fourth-order valence-electron chi connectivity index (χ4n) is 2.40. The van der Waals surface area contributed by atoms with Crippen LogP contribution in [0, 0.1) is 0 Å². The van der Waals surface area contributed by atoms with E-state index in [1.807, 2.05) is 25.1 Å². The van der Waals surface area contributed by atoms with Gasteiger partial charge in [0.05, 0.1) is 17.3 Å². The average molecular weight is 409 g/mol. The second-order valence-electron chi connectivity index (χ2n) is 5.83. The Kier molecular flexibility index (Phi) is 6.42. The summed E-state index contributed by atoms with van der Waals surface area (Å²) >= 11 is 11.9. The van der Waals surface area contributed by atoms with Gasteiger partial charge in [-0.3, -0.25) is 4.79 Å². The van der Waals surface area contributed by atoms with Crippen molar-refractivity contribution in [2.45, 2.75) is 19.8 Å². The van der Waals surface area contributed by atoms with Crippen LogP contribution in [0.15, 0.2) is 41.5 Å². The number of hydrogen-bond donors (Lipinski definition) is 1. The van der Waals surface area contributed by atoms with Gasteiger partial charge in [0.2, 0.25) is 12.7 Å². The maximum absolute atomic E-state index is 11.9. The van der Waals surface area contributed by atoms with Crippen molar-refractivity contribution in [3.8, 4) is 17.2 Å². The van der Waals surface area contributed by atoms with Gasteiger partial charge in [-0.15, -0.1) is 0 Å². The largest absolute Gasteiger partial charge is 0.492 e. The van der Waals surface area contributed by atoms with Gasteiger partial charge in [0.15, 0.2) is 11.5 Å². The van der Waals surface area contributed by atoms with E-state index in [1.165, 1.54) is 0 Å². The number of rotatable bonds is 7. The Morgan fingerprint density at radius 2 is 2.00 bits per heavy atom. The summed E-state index contributed by atoms with van der Waals surface area (Å²) in [6, 6.07) is 10.5. The molecule has 1 N–H and O–H groups in total. The molecule has 2 aromatic rings. The Morgan fingerprint density at radius 3 is 2.81 bits per heavy atom. The summed E-state index contributed by atoms with van der Waals surface area (Å²) < 4.78 is 16.2. The van der Waals surface area contributed by atoms with E-state index < -0.39 is 0 Å². The summed E-state index contributed by atoms with van der Waals surface area (Å²) in [6.45, 7) is 2.39. The quantitative estimate of drug-likeness (QED) is 0.418. The molecular formula is C19H18Cl2N2O4. The maximum Gasteiger partial charge on any atom is 0.240 e. The van der Waals surface area contributed by atoms with Gasteiger partial charge in [-0.05, 0) is 49.7 Å². The van der Waals surface area contributed by atoms with Gasteiger partial charge in [-0.2, -0.15) is 5.10 Å². The van der Waals surface area contributed by atoms with Crippen molar-refractivity contribution in [3.05, 3.63) is 52.0 Å². The van der Waals surface area contributed by atoms with E-state index in [0.717, 1.165) is 5.56 Å². The minimum Gasteiger partial charge on any atom is -0.492 e. The van der Waals surface area contributed by atoms with Crippen LogP contribution in [0.5, 0.6) is 17.2 Å². The minimum absolute atomic E-state index is 0.194. The van der Waals surface area contributed by atoms with Crippen molar-refractivity contribution in [1.82, 2.24) is 5.43 Å². The molecule has 0 aromatic heterocycles. The van der Waals surface area contributed by atoms with E-state index in [4.69, 9.17) is 37.4 Å². The number of carbonyl (C=O) groups excluding carboxylic acids is 1. The molecule has 0 bridgehead atoms. The molecule has 0 radical (unpaired) electrons. The van der Waals surface area contributed by atoms with Gasteiger partial charge in [0.1, 0.15) is 5.75 Å². The topological polar surface area (TPSA) is 69.2 Å². The molecule has 27 heavy (non-hydrogen) atoms. The second-order valence-corrected chi connectivity index (χ2v) is 6.67. The van der Waals surface area contributed by atoms with E-state index in [0.29, 0.717) is 46.0 Å². The molecule has 142 valence electrons. The van der Waals surface area contributed by atoms with Crippen molar-refractivity contribution in [2.75, 3.05) is 13.4 Å². The molecule has 1 aliphatic rings. The summed E-state index contributed by atoms with van der Waals surface area (Å²) in [7, 11) is 0. The Bertz CT molecular complexity index is 871. The van der Waals surface area contributed by atoms with Gasteiger partial charge in [0, 0.05) is 17.0 Å². The molecule has 0 saturated carbocycles. The van der Waals surface area contributed by atoms with Crippen LogP contribution in [-0.2, 0) is 4.79 Å². The smallest absolute Gasteiger partial charge is 0.240 e. The van der Waals surface area contributed by atoms with Gasteiger partial charge >= 0.3 is 0 Å². The molecule has 3 rings (SSSR count). The third-order valence-electron chi connectivity index (χ3n) is 3.84. The standard InChI is InChI=1S/C19H18Cl2N2O4/c1-12(13-4-6-17-18(9-13)27-11-26-17)22-23-19(24)3-2-8-25-16-7-5-14(20)10-15(16)21/h4-7,9-10H,2-3,8,11H2,1H3,(H,23,24)/b22-12-. The van der Waals surface area contributed by atoms with Crippen LogP contribution in [-0.4, -0.2) is 25.0 Å². The van der Waals surface area contributed by atoms with E-state index in [1.54, 1.807) is 18.2 Å². The Hall–Kier alpha value is -2.44. The summed E-state index contributed by atoms with van der Waals surface area (Å²) in [5.41, 5.74) is 4.06. The van der Waals surface area contributed by atoms with Crippen molar-refractivity contribution in [1.29, 1.82) is 0 Å². The van der Waals surface area contributed by atoms with E-state index in [2.05, 4.69) is 10.5 Å². The molecule has 0 aliphatic carbocycles. The number of benzene rings is 2. The predicted octanol–water partition coefficient (Wildman–Crippen LogP) is 4.42. The fourth-order valence-corrected chi connectivity index (χ4v) is 2.86. The highest BCUT2D eigenvalue weighted by Crippen LogP contribution is 2.32. The van der Waals surface area contributed by atoms with E-state index in [-0.39, 0.29) is 19.1 Å². The zero-order valence-electron chi connectivity index (χ0n) is 14.6. The van der Waals surface area contributed by atoms with Crippen molar-refractivity contribution in [2.24, 2.45) is 5.10 Å². The highest BCUT2D eigenvalue weighted by Gasteiger charge is 2.14. The van der Waals surface area contributed by atoms with Crippen LogP contribution in [0.3, 0.4) is 0 Å². The molecule has 8 heteroatoms. The SMILES string of the molecule is C/C(=N/NC(=O)CCCOc1ccc(Cl)cc1Cl)c1ccc2c(c1)OCO2. The highest BCUT2D eigenvalue weighted by atomic mass is 35.5. The summed E-state index contributed by atoms with van der Waals surface area (Å²) in [6.07, 6.45) is 0.812. The second kappa shape index (κ2) is 8.97. The predicted molar refractivity (Wildman–Crippen MR) is 104 cm³/mol. The first-order valence-corrected chi connectivity index (χ1v) is 9.09. The normalized spacial score (nSPS) is 12.8. The lowest BCUT2D eigenvalue weighted by atomic mass is 10.1. The molecule has 0 atom stereocenters. The fraction of sp³-hybridized carbons (Fsp3) is 0.263. The molecule has 6 nitrogen and oxygen atoms in total. The number of fused-ring (bicyclic) bond motifs is 1. The van der Waals surface area contributed by atoms with Crippen molar-refractivity contribution in [3.63, 3.8) is 0 Å². The molecule has 1 heterocycles. The first kappa shape index (κ1) is 19.3. The number of hydrazone groups is 1. The minimum atomic E-state index is -0.194. The van der Waals surface area contributed by atoms with Crippen LogP contribution in [0.4, 0.5) is 0 Å². The summed E-state index contributed by atoms with van der Waals surface area (Å²) in [5, 5.41) is 5.11. The van der Waals surface area contributed by atoms with Gasteiger partial charge in [-0.25, -0.2) is 5.43 Å². The lowest BCUT2D eigenvalue weighted by Gasteiger charge is -2.08. The van der Waals surface area contributed by atoms with Crippen LogP contribution in [0.25, 0.3) is 0 Å². The average Bonchev–Trinajstić information content (AvgIpc) is 3.12. The molecule has 0 unspecified atom stereocenters. The molecule has 0 saturated heterocycles. The molecule has 2 aromatic carbocycles. The first-order valence-electron chi connectivity index (χ1n) is 8.34. The van der Waals surface area contributed by atoms with Crippen LogP contribution in [0.2, 0.25) is 10.0 Å². The maximum atomic E-state index is 11.9. The third-order valence-corrected chi connectivity index (χ3v) is 4.37. The Balaban J connectivity index is 1.43. The van der Waals surface area contributed by atoms with Crippen LogP contribution < -0.4 is 19.6 Å². The molecule has 1 aliphatic heterocycles. The van der Waals surface area contributed by atoms with Crippen molar-refractivity contribution >= 4 is 34.8 Å². The van der Waals surface area contributed by atoms with Crippen LogP contribution >= 0.6 is 23.2 Å². The summed E-state index contributed by atoms with van der Waals surface area (Å²) in [4.78, 5) is 11.9. The third kappa shape index (κ3) is 5.28. The van der Waals surface area contributed by atoms with Crippen molar-refractivity contribution < 1.29 is 19.0 Å². The van der Waals surface area contributed by atoms with Gasteiger partial charge < -0.3 is 14.2 Å². The molecular weight excluding hydrogens is 391 g/mol. The van der Waals surface area contributed by atoms with E-state index in [9.17, 15) is 4.79 Å². The highest BCUT2D eigenvalue weighted by molar-refractivity contribution is 6.35. The number of amides is 1. The number of ether oxygens (including phenoxy) is 3. The lowest BCUT2D eigenvalue weighted by molar-refractivity contribution is -0.121. The number of nitrogens with one attached hydrogen (secondary N) is 1. The molecule has 0 fully saturated rings. The van der Waals surface area contributed by atoms with Crippen LogP contribution in [0.1, 0.15) is 25.3 Å². The molecule has 0 spiro atoms. The first-order chi connectivity index (χ1) is 13.0. The monoisotopic (exact) mass is 408 g/mol. The molecule has 1 amide bonds. The zero-order valence-corrected chi connectivity index (χ0v) is 16.1.